The molecular weight excluding hydrogens is 262 g/mol. The van der Waals surface area contributed by atoms with Crippen LogP contribution in [-0.4, -0.2) is 23.5 Å². The van der Waals surface area contributed by atoms with E-state index in [4.69, 9.17) is 5.73 Å². The first-order valence-electron chi connectivity index (χ1n) is 6.42. The number of benzene rings is 1. The van der Waals surface area contributed by atoms with Crippen LogP contribution in [0.1, 0.15) is 25.7 Å². The predicted octanol–water partition coefficient (Wildman–Crippen LogP) is 3.51. The summed E-state index contributed by atoms with van der Waals surface area (Å²) in [6.45, 7) is 0.848. The van der Waals surface area contributed by atoms with E-state index in [2.05, 4.69) is 11.6 Å². The molecule has 19 heavy (non-hydrogen) atoms. The minimum atomic E-state index is -0.439. The van der Waals surface area contributed by atoms with Crippen molar-refractivity contribution in [3.63, 3.8) is 0 Å². The second kappa shape index (κ2) is 8.63. The minimum Gasteiger partial charge on any atom is -0.397 e. The number of nitrogens with one attached hydrogen (secondary N) is 1. The lowest BCUT2D eigenvalue weighted by atomic mass is 10.2. The van der Waals surface area contributed by atoms with Gasteiger partial charge >= 0.3 is 0 Å². The third-order valence-electron chi connectivity index (χ3n) is 2.84. The van der Waals surface area contributed by atoms with Gasteiger partial charge in [0.1, 0.15) is 0 Å². The first kappa shape index (κ1) is 15.6. The number of nitrogen functional groups attached to an aromatic ring is 1. The van der Waals surface area contributed by atoms with Crippen molar-refractivity contribution in [2.45, 2.75) is 25.7 Å². The number of rotatable bonds is 9. The molecule has 1 aromatic rings. The fourth-order valence-corrected chi connectivity index (χ4v) is 2.27. The maximum absolute atomic E-state index is 10.6. The average molecular weight is 283 g/mol. The van der Waals surface area contributed by atoms with E-state index in [0.29, 0.717) is 5.69 Å². The van der Waals surface area contributed by atoms with Crippen LogP contribution in [0.5, 0.6) is 0 Å². The highest BCUT2D eigenvalue weighted by atomic mass is 32.2. The highest BCUT2D eigenvalue weighted by Crippen LogP contribution is 2.24. The van der Waals surface area contributed by atoms with Crippen LogP contribution in [0.25, 0.3) is 0 Å². The molecule has 0 saturated carbocycles. The van der Waals surface area contributed by atoms with E-state index in [1.807, 2.05) is 11.8 Å². The van der Waals surface area contributed by atoms with Crippen molar-refractivity contribution in [1.82, 2.24) is 0 Å². The second-order valence-electron chi connectivity index (χ2n) is 4.36. The molecule has 5 nitrogen and oxygen atoms in total. The molecule has 6 heteroatoms. The maximum Gasteiger partial charge on any atom is 0.271 e. The van der Waals surface area contributed by atoms with Gasteiger partial charge in [0.05, 0.1) is 16.3 Å². The minimum absolute atomic E-state index is 0.0279. The number of thioether (sulfide) groups is 1. The molecule has 0 heterocycles. The molecule has 0 aliphatic carbocycles. The van der Waals surface area contributed by atoms with Gasteiger partial charge in [-0.05, 0) is 30.9 Å². The lowest BCUT2D eigenvalue weighted by molar-refractivity contribution is -0.384. The van der Waals surface area contributed by atoms with Crippen LogP contribution in [0.4, 0.5) is 17.1 Å². The van der Waals surface area contributed by atoms with E-state index in [-0.39, 0.29) is 5.69 Å². The molecule has 1 rings (SSSR count). The summed E-state index contributed by atoms with van der Waals surface area (Å²) in [5.74, 6) is 1.22. The van der Waals surface area contributed by atoms with Crippen LogP contribution in [-0.2, 0) is 0 Å². The topological polar surface area (TPSA) is 81.2 Å². The number of hydrogen-bond donors (Lipinski definition) is 2. The lowest BCUT2D eigenvalue weighted by Crippen LogP contribution is -2.04. The Morgan fingerprint density at radius 2 is 2.05 bits per heavy atom. The quantitative estimate of drug-likeness (QED) is 0.314. The first-order valence-corrected chi connectivity index (χ1v) is 7.81. The Morgan fingerprint density at radius 1 is 1.32 bits per heavy atom. The number of unbranched alkanes of at least 4 members (excludes halogenated alkanes) is 3. The number of hydrogen-bond acceptors (Lipinski definition) is 5. The summed E-state index contributed by atoms with van der Waals surface area (Å²) in [6.07, 6.45) is 6.92. The van der Waals surface area contributed by atoms with Gasteiger partial charge in [0.25, 0.3) is 5.69 Å². The summed E-state index contributed by atoms with van der Waals surface area (Å²) in [5.41, 5.74) is 7.00. The van der Waals surface area contributed by atoms with Crippen LogP contribution >= 0.6 is 11.8 Å². The van der Waals surface area contributed by atoms with Crippen LogP contribution in [0, 0.1) is 10.1 Å². The van der Waals surface area contributed by atoms with Crippen LogP contribution in [0.2, 0.25) is 0 Å². The summed E-state index contributed by atoms with van der Waals surface area (Å²) in [7, 11) is 0. The summed E-state index contributed by atoms with van der Waals surface area (Å²) < 4.78 is 0. The van der Waals surface area contributed by atoms with E-state index in [0.717, 1.165) is 18.7 Å². The van der Waals surface area contributed by atoms with Crippen LogP contribution < -0.4 is 11.1 Å². The molecule has 0 radical (unpaired) electrons. The molecule has 0 unspecified atom stereocenters. The molecule has 0 bridgehead atoms. The van der Waals surface area contributed by atoms with E-state index in [1.54, 1.807) is 6.07 Å². The maximum atomic E-state index is 10.6. The predicted molar refractivity (Wildman–Crippen MR) is 82.8 cm³/mol. The Morgan fingerprint density at radius 3 is 2.68 bits per heavy atom. The van der Waals surface area contributed by atoms with Gasteiger partial charge in [0, 0.05) is 18.7 Å². The zero-order valence-electron chi connectivity index (χ0n) is 11.2. The van der Waals surface area contributed by atoms with E-state index >= 15 is 0 Å². The van der Waals surface area contributed by atoms with E-state index in [1.165, 1.54) is 37.1 Å². The molecule has 0 aliphatic heterocycles. The fraction of sp³-hybridized carbons (Fsp3) is 0.538. The molecular formula is C13H21N3O2S. The van der Waals surface area contributed by atoms with Crippen molar-refractivity contribution in [3.8, 4) is 0 Å². The van der Waals surface area contributed by atoms with Crippen molar-refractivity contribution < 1.29 is 4.92 Å². The van der Waals surface area contributed by atoms with Crippen molar-refractivity contribution in [2.24, 2.45) is 0 Å². The largest absolute Gasteiger partial charge is 0.397 e. The molecule has 3 N–H and O–H groups in total. The molecule has 0 amide bonds. The van der Waals surface area contributed by atoms with Crippen molar-refractivity contribution in [1.29, 1.82) is 0 Å². The first-order chi connectivity index (χ1) is 9.15. The smallest absolute Gasteiger partial charge is 0.271 e. The highest BCUT2D eigenvalue weighted by Gasteiger charge is 2.07. The lowest BCUT2D eigenvalue weighted by Gasteiger charge is -2.08. The average Bonchev–Trinajstić information content (AvgIpc) is 2.39. The Labute approximate surface area is 118 Å². The number of anilines is 2. The zero-order chi connectivity index (χ0) is 14.1. The third-order valence-corrected chi connectivity index (χ3v) is 3.53. The van der Waals surface area contributed by atoms with Gasteiger partial charge in [-0.15, -0.1) is 0 Å². The normalized spacial score (nSPS) is 10.4. The Balaban J connectivity index is 2.28. The van der Waals surface area contributed by atoms with Crippen LogP contribution in [0.3, 0.4) is 0 Å². The molecule has 0 spiro atoms. The Hall–Kier alpha value is -1.43. The van der Waals surface area contributed by atoms with E-state index in [9.17, 15) is 10.1 Å². The van der Waals surface area contributed by atoms with Crippen LogP contribution in [0.15, 0.2) is 18.2 Å². The summed E-state index contributed by atoms with van der Waals surface area (Å²) in [4.78, 5) is 10.1. The van der Waals surface area contributed by atoms with Gasteiger partial charge in [-0.25, -0.2) is 0 Å². The Kier molecular flexibility index (Phi) is 7.10. The summed E-state index contributed by atoms with van der Waals surface area (Å²) in [6, 6.07) is 4.53. The van der Waals surface area contributed by atoms with Crippen molar-refractivity contribution >= 4 is 28.8 Å². The highest BCUT2D eigenvalue weighted by molar-refractivity contribution is 7.98. The molecule has 0 fully saturated rings. The SMILES string of the molecule is CSCCCCCCNc1ccc([N+](=O)[O-])cc1N. The Bertz CT molecular complexity index is 413. The van der Waals surface area contributed by atoms with Gasteiger partial charge in [0.2, 0.25) is 0 Å². The summed E-state index contributed by atoms with van der Waals surface area (Å²) >= 11 is 1.88. The number of nitro groups is 1. The van der Waals surface area contributed by atoms with Gasteiger partial charge < -0.3 is 11.1 Å². The van der Waals surface area contributed by atoms with Crippen molar-refractivity contribution in [2.75, 3.05) is 29.6 Å². The fourth-order valence-electron chi connectivity index (χ4n) is 1.77. The van der Waals surface area contributed by atoms with Gasteiger partial charge in [-0.3, -0.25) is 10.1 Å². The molecule has 106 valence electrons. The number of nitro benzene ring substituents is 1. The molecule has 0 aromatic heterocycles. The summed E-state index contributed by atoms with van der Waals surface area (Å²) in [5, 5.41) is 13.8. The van der Waals surface area contributed by atoms with Gasteiger partial charge in [-0.1, -0.05) is 12.8 Å². The molecule has 0 aliphatic rings. The number of nitrogens with zero attached hydrogens (tertiary/aromatic N) is 1. The molecule has 0 atom stereocenters. The van der Waals surface area contributed by atoms with Gasteiger partial charge in [-0.2, -0.15) is 11.8 Å². The van der Waals surface area contributed by atoms with E-state index < -0.39 is 4.92 Å². The molecule has 0 saturated heterocycles. The standard InChI is InChI=1S/C13H21N3O2S/c1-19-9-5-3-2-4-8-15-13-7-6-11(16(17)18)10-12(13)14/h6-7,10,15H,2-5,8-9,14H2,1H3. The monoisotopic (exact) mass is 283 g/mol. The zero-order valence-corrected chi connectivity index (χ0v) is 12.0. The number of nitrogens with two attached hydrogens (primary N) is 1. The third kappa shape index (κ3) is 5.83. The second-order valence-corrected chi connectivity index (χ2v) is 5.35. The van der Waals surface area contributed by atoms with Crippen molar-refractivity contribution in [3.05, 3.63) is 28.3 Å². The number of non-ortho nitro benzene ring substituents is 1. The molecule has 1 aromatic carbocycles. The van der Waals surface area contributed by atoms with Gasteiger partial charge in [0.15, 0.2) is 0 Å².